The Morgan fingerprint density at radius 1 is 1.43 bits per heavy atom. The van der Waals surface area contributed by atoms with E-state index in [1.807, 2.05) is 13.0 Å². The van der Waals surface area contributed by atoms with Gasteiger partial charge in [0.2, 0.25) is 0 Å². The van der Waals surface area contributed by atoms with Gasteiger partial charge < -0.3 is 10.4 Å². The molecule has 3 rings (SSSR count). The highest BCUT2D eigenvalue weighted by Crippen LogP contribution is 2.36. The number of thiophene rings is 1. The molecule has 0 saturated heterocycles. The lowest BCUT2D eigenvalue weighted by Crippen LogP contribution is -2.49. The predicted molar refractivity (Wildman–Crippen MR) is 83.8 cm³/mol. The van der Waals surface area contributed by atoms with Crippen molar-refractivity contribution >= 4 is 33.3 Å². The van der Waals surface area contributed by atoms with Crippen LogP contribution in [0.3, 0.4) is 0 Å². The molecule has 112 valence electrons. The number of aliphatic carboxylic acids is 1. The summed E-state index contributed by atoms with van der Waals surface area (Å²) in [6.07, 6.45) is 4.63. The molecule has 0 bridgehead atoms. The highest BCUT2D eigenvalue weighted by Gasteiger charge is 2.41. The van der Waals surface area contributed by atoms with Gasteiger partial charge >= 0.3 is 5.97 Å². The van der Waals surface area contributed by atoms with E-state index in [9.17, 15) is 9.90 Å². The Bertz CT molecular complexity index is 675. The Morgan fingerprint density at radius 2 is 2.14 bits per heavy atom. The molecule has 1 saturated carbocycles. The van der Waals surface area contributed by atoms with Crippen LogP contribution in [0.4, 0.5) is 5.82 Å². The van der Waals surface area contributed by atoms with Crippen molar-refractivity contribution in [2.45, 2.75) is 45.1 Å². The summed E-state index contributed by atoms with van der Waals surface area (Å²) in [5, 5.41) is 13.9. The molecule has 1 aliphatic carbocycles. The zero-order chi connectivity index (χ0) is 15.0. The standard InChI is InChI=1S/C15H19N3O2S/c1-9-3-5-15(6-4-9,14(19)20)18-12-11-7-10(2)21-13(11)17-8-16-12/h7-9H,3-6H2,1-2H3,(H,19,20)(H,16,17,18). The van der Waals surface area contributed by atoms with Crippen LogP contribution in [0.2, 0.25) is 0 Å². The predicted octanol–water partition coefficient (Wildman–Crippen LogP) is 3.45. The first-order valence-corrected chi connectivity index (χ1v) is 8.04. The number of carboxylic acid groups (broad SMARTS) is 1. The minimum absolute atomic E-state index is 0.591. The molecule has 0 amide bonds. The quantitative estimate of drug-likeness (QED) is 0.908. The van der Waals surface area contributed by atoms with Gasteiger partial charge in [0.05, 0.1) is 5.39 Å². The van der Waals surface area contributed by atoms with Crippen molar-refractivity contribution in [2.75, 3.05) is 5.32 Å². The van der Waals surface area contributed by atoms with E-state index in [4.69, 9.17) is 0 Å². The number of aromatic nitrogens is 2. The van der Waals surface area contributed by atoms with E-state index in [1.165, 1.54) is 6.33 Å². The molecule has 1 fully saturated rings. The van der Waals surface area contributed by atoms with Crippen LogP contribution in [0.5, 0.6) is 0 Å². The number of hydrogen-bond donors (Lipinski definition) is 2. The molecular weight excluding hydrogens is 286 g/mol. The van der Waals surface area contributed by atoms with Crippen molar-refractivity contribution < 1.29 is 9.90 Å². The van der Waals surface area contributed by atoms with Gasteiger partial charge in [-0.05, 0) is 44.6 Å². The van der Waals surface area contributed by atoms with Gasteiger partial charge in [0.25, 0.3) is 0 Å². The van der Waals surface area contributed by atoms with Gasteiger partial charge in [-0.25, -0.2) is 14.8 Å². The fourth-order valence-electron chi connectivity index (χ4n) is 2.95. The monoisotopic (exact) mass is 305 g/mol. The van der Waals surface area contributed by atoms with E-state index in [0.717, 1.165) is 27.9 Å². The second-order valence-electron chi connectivity index (χ2n) is 5.99. The molecule has 2 heterocycles. The third kappa shape index (κ3) is 2.60. The van der Waals surface area contributed by atoms with Gasteiger partial charge in [-0.3, -0.25) is 0 Å². The normalized spacial score (nSPS) is 25.9. The zero-order valence-corrected chi connectivity index (χ0v) is 13.0. The minimum Gasteiger partial charge on any atom is -0.480 e. The number of carboxylic acids is 1. The van der Waals surface area contributed by atoms with Gasteiger partial charge in [-0.1, -0.05) is 6.92 Å². The van der Waals surface area contributed by atoms with Gasteiger partial charge in [-0.15, -0.1) is 11.3 Å². The lowest BCUT2D eigenvalue weighted by Gasteiger charge is -2.36. The summed E-state index contributed by atoms with van der Waals surface area (Å²) in [4.78, 5) is 22.4. The van der Waals surface area contributed by atoms with Crippen LogP contribution in [0.15, 0.2) is 12.4 Å². The van der Waals surface area contributed by atoms with Crippen molar-refractivity contribution in [3.05, 3.63) is 17.3 Å². The number of carbonyl (C=O) groups is 1. The zero-order valence-electron chi connectivity index (χ0n) is 12.2. The minimum atomic E-state index is -0.899. The Kier molecular flexibility index (Phi) is 3.57. The van der Waals surface area contributed by atoms with Crippen LogP contribution in [0.1, 0.15) is 37.5 Å². The van der Waals surface area contributed by atoms with Crippen LogP contribution in [-0.4, -0.2) is 26.6 Å². The van der Waals surface area contributed by atoms with E-state index in [0.29, 0.717) is 24.6 Å². The molecule has 2 aromatic rings. The van der Waals surface area contributed by atoms with E-state index in [-0.39, 0.29) is 0 Å². The third-order valence-corrected chi connectivity index (χ3v) is 5.31. The maximum absolute atomic E-state index is 11.8. The number of aryl methyl sites for hydroxylation is 1. The molecule has 0 unspecified atom stereocenters. The summed E-state index contributed by atoms with van der Waals surface area (Å²) in [6.45, 7) is 4.20. The second kappa shape index (κ2) is 5.26. The summed E-state index contributed by atoms with van der Waals surface area (Å²) in [5.41, 5.74) is -0.899. The molecule has 5 nitrogen and oxygen atoms in total. The van der Waals surface area contributed by atoms with Crippen LogP contribution < -0.4 is 5.32 Å². The molecule has 0 aromatic carbocycles. The number of rotatable bonds is 3. The van der Waals surface area contributed by atoms with E-state index < -0.39 is 11.5 Å². The number of hydrogen-bond acceptors (Lipinski definition) is 5. The fraction of sp³-hybridized carbons (Fsp3) is 0.533. The first kappa shape index (κ1) is 14.3. The lowest BCUT2D eigenvalue weighted by molar-refractivity contribution is -0.143. The summed E-state index contributed by atoms with van der Waals surface area (Å²) in [7, 11) is 0. The Labute approximate surface area is 127 Å². The molecule has 2 aromatic heterocycles. The Morgan fingerprint density at radius 3 is 2.81 bits per heavy atom. The first-order chi connectivity index (χ1) is 10.00. The van der Waals surface area contributed by atoms with Crippen LogP contribution in [0, 0.1) is 12.8 Å². The molecule has 0 radical (unpaired) electrons. The first-order valence-electron chi connectivity index (χ1n) is 7.23. The Hall–Kier alpha value is -1.69. The lowest BCUT2D eigenvalue weighted by atomic mass is 9.77. The molecule has 2 N–H and O–H groups in total. The van der Waals surface area contributed by atoms with Crippen molar-refractivity contribution in [2.24, 2.45) is 5.92 Å². The average Bonchev–Trinajstić information content (AvgIpc) is 2.83. The number of nitrogens with zero attached hydrogens (tertiary/aromatic N) is 2. The smallest absolute Gasteiger partial charge is 0.329 e. The summed E-state index contributed by atoms with van der Waals surface area (Å²) < 4.78 is 0. The average molecular weight is 305 g/mol. The molecular formula is C15H19N3O2S. The van der Waals surface area contributed by atoms with Crippen molar-refractivity contribution in [1.82, 2.24) is 9.97 Å². The van der Waals surface area contributed by atoms with E-state index in [2.05, 4.69) is 22.2 Å². The fourth-order valence-corrected chi connectivity index (χ4v) is 3.80. The molecule has 0 spiro atoms. The molecule has 0 aliphatic heterocycles. The largest absolute Gasteiger partial charge is 0.480 e. The maximum Gasteiger partial charge on any atom is 0.329 e. The van der Waals surface area contributed by atoms with Gasteiger partial charge in [0, 0.05) is 4.88 Å². The molecule has 6 heteroatoms. The van der Waals surface area contributed by atoms with Gasteiger partial charge in [0.1, 0.15) is 22.5 Å². The highest BCUT2D eigenvalue weighted by atomic mass is 32.1. The van der Waals surface area contributed by atoms with Crippen LogP contribution >= 0.6 is 11.3 Å². The Balaban J connectivity index is 1.97. The highest BCUT2D eigenvalue weighted by molar-refractivity contribution is 7.18. The number of fused-ring (bicyclic) bond motifs is 1. The molecule has 21 heavy (non-hydrogen) atoms. The summed E-state index contributed by atoms with van der Waals surface area (Å²) in [6, 6.07) is 2.02. The second-order valence-corrected chi connectivity index (χ2v) is 7.23. The third-order valence-electron chi connectivity index (χ3n) is 4.35. The SMILES string of the molecule is Cc1cc2c(NC3(C(=O)O)CCC(C)CC3)ncnc2s1. The maximum atomic E-state index is 11.8. The van der Waals surface area contributed by atoms with Crippen molar-refractivity contribution in [3.63, 3.8) is 0 Å². The molecule has 1 aliphatic rings. The van der Waals surface area contributed by atoms with Gasteiger partial charge in [-0.2, -0.15) is 0 Å². The molecule has 0 atom stereocenters. The van der Waals surface area contributed by atoms with Crippen LogP contribution in [-0.2, 0) is 4.79 Å². The van der Waals surface area contributed by atoms with Crippen LogP contribution in [0.25, 0.3) is 10.2 Å². The van der Waals surface area contributed by atoms with E-state index >= 15 is 0 Å². The number of nitrogens with one attached hydrogen (secondary N) is 1. The topological polar surface area (TPSA) is 75.1 Å². The number of anilines is 1. The van der Waals surface area contributed by atoms with Crippen molar-refractivity contribution in [3.8, 4) is 0 Å². The summed E-state index contributed by atoms with van der Waals surface area (Å²) >= 11 is 1.60. The summed E-state index contributed by atoms with van der Waals surface area (Å²) in [5.74, 6) is 0.447. The van der Waals surface area contributed by atoms with Crippen molar-refractivity contribution in [1.29, 1.82) is 0 Å². The van der Waals surface area contributed by atoms with Gasteiger partial charge in [0.15, 0.2) is 0 Å². The van der Waals surface area contributed by atoms with E-state index in [1.54, 1.807) is 11.3 Å².